The van der Waals surface area contributed by atoms with Gasteiger partial charge in [-0.15, -0.1) is 0 Å². The summed E-state index contributed by atoms with van der Waals surface area (Å²) >= 11 is 6.01. The Hall–Kier alpha value is -2.33. The average Bonchev–Trinajstić information content (AvgIpc) is 2.69. The van der Waals surface area contributed by atoms with Crippen LogP contribution < -0.4 is 9.80 Å². The number of hydrogen-bond acceptors (Lipinski definition) is 2. The molecule has 4 nitrogen and oxygen atoms in total. The van der Waals surface area contributed by atoms with Gasteiger partial charge in [-0.25, -0.2) is 0 Å². The fourth-order valence-electron chi connectivity index (χ4n) is 2.15. The van der Waals surface area contributed by atoms with Crippen molar-refractivity contribution in [2.45, 2.75) is 6.42 Å². The number of amides is 2. The van der Waals surface area contributed by atoms with Crippen molar-refractivity contribution < 1.29 is 16.4 Å². The molecule has 0 aromatic heterocycles. The van der Waals surface area contributed by atoms with E-state index in [1.807, 2.05) is 0 Å². The molecule has 1 aliphatic rings. The van der Waals surface area contributed by atoms with Crippen molar-refractivity contribution in [2.75, 3.05) is 16.8 Å². The summed E-state index contributed by atoms with van der Waals surface area (Å²) in [4.78, 5) is 27.3. The Kier molecular flexibility index (Phi) is 2.20. The summed E-state index contributed by atoms with van der Waals surface area (Å²) in [5, 5.41) is 0.332. The molecule has 0 aliphatic carbocycles. The van der Waals surface area contributed by atoms with E-state index in [-0.39, 0.29) is 11.4 Å². The zero-order valence-electron chi connectivity index (χ0n) is 16.0. The Morgan fingerprint density at radius 2 is 1.81 bits per heavy atom. The molecule has 2 aromatic rings. The minimum atomic E-state index is -0.693. The highest BCUT2D eigenvalue weighted by atomic mass is 35.5. The van der Waals surface area contributed by atoms with Gasteiger partial charge in [0.2, 0.25) is 11.8 Å². The lowest BCUT2D eigenvalue weighted by molar-refractivity contribution is -0.125. The molecule has 1 aliphatic heterocycles. The van der Waals surface area contributed by atoms with Gasteiger partial charge in [0.25, 0.3) is 0 Å². The van der Waals surface area contributed by atoms with Crippen LogP contribution in [0.2, 0.25) is 5.02 Å². The number of nitrogens with zero attached hydrogens (tertiary/aromatic N) is 2. The third kappa shape index (κ3) is 2.38. The van der Waals surface area contributed by atoms with Crippen molar-refractivity contribution in [1.29, 1.82) is 0 Å². The number of fused-ring (bicyclic) bond motifs is 1. The molecule has 21 heavy (non-hydrogen) atoms. The largest absolute Gasteiger partial charge is 0.313 e. The van der Waals surface area contributed by atoms with Gasteiger partial charge in [-0.05, 0) is 30.3 Å². The maximum absolute atomic E-state index is 12.7. The van der Waals surface area contributed by atoms with Crippen LogP contribution in [0.1, 0.15) is 13.3 Å². The molecule has 0 N–H and O–H groups in total. The number of benzene rings is 2. The minimum Gasteiger partial charge on any atom is -0.313 e. The number of carbonyl (C=O) groups excluding carboxylic acids is 2. The standard InChI is InChI=1S/C16H13ClN2O2/c1-18-14-9-11(17)7-8-13(14)19(16(21)10-15(18)20)12-5-3-2-4-6-12/h2-9H,10H2,1H3/i2D,3D,4D,5D,6D. The summed E-state index contributed by atoms with van der Waals surface area (Å²) in [6, 6.07) is 1.72. The lowest BCUT2D eigenvalue weighted by Crippen LogP contribution is -2.28. The zero-order chi connectivity index (χ0) is 19.3. The molecule has 3 rings (SSSR count). The number of anilines is 3. The summed E-state index contributed by atoms with van der Waals surface area (Å²) in [5.41, 5.74) is 0.221. The highest BCUT2D eigenvalue weighted by molar-refractivity contribution is 6.31. The van der Waals surface area contributed by atoms with Crippen molar-refractivity contribution in [3.05, 3.63) is 53.4 Å². The van der Waals surface area contributed by atoms with E-state index in [1.54, 1.807) is 0 Å². The molecular formula is C16H13ClN2O2. The van der Waals surface area contributed by atoms with E-state index in [0.29, 0.717) is 10.7 Å². The second-order valence-corrected chi connectivity index (χ2v) is 4.90. The zero-order valence-corrected chi connectivity index (χ0v) is 11.8. The van der Waals surface area contributed by atoms with E-state index in [0.717, 1.165) is 4.90 Å². The van der Waals surface area contributed by atoms with Crippen LogP contribution in [0, 0.1) is 0 Å². The van der Waals surface area contributed by atoms with E-state index < -0.39 is 48.4 Å². The van der Waals surface area contributed by atoms with Gasteiger partial charge in [-0.1, -0.05) is 29.7 Å². The number of rotatable bonds is 1. The molecule has 0 unspecified atom stereocenters. The van der Waals surface area contributed by atoms with E-state index in [4.69, 9.17) is 18.5 Å². The van der Waals surface area contributed by atoms with Crippen LogP contribution in [0.3, 0.4) is 0 Å². The van der Waals surface area contributed by atoms with Crippen LogP contribution in [0.25, 0.3) is 0 Å². The molecule has 0 atom stereocenters. The third-order valence-corrected chi connectivity index (χ3v) is 3.41. The molecule has 2 amide bonds. The molecule has 0 fully saturated rings. The molecular weight excluding hydrogens is 288 g/mol. The molecule has 0 spiro atoms. The van der Waals surface area contributed by atoms with Crippen molar-refractivity contribution in [3.63, 3.8) is 0 Å². The summed E-state index contributed by atoms with van der Waals surface area (Å²) in [6.45, 7) is 0. The monoisotopic (exact) mass is 305 g/mol. The van der Waals surface area contributed by atoms with Gasteiger partial charge in [0.05, 0.1) is 18.2 Å². The van der Waals surface area contributed by atoms with Crippen LogP contribution in [-0.4, -0.2) is 18.9 Å². The minimum absolute atomic E-state index is 0.214. The van der Waals surface area contributed by atoms with Crippen molar-refractivity contribution in [3.8, 4) is 0 Å². The van der Waals surface area contributed by atoms with Crippen LogP contribution in [0.4, 0.5) is 17.1 Å². The molecule has 0 radical (unpaired) electrons. The third-order valence-electron chi connectivity index (χ3n) is 3.18. The summed E-state index contributed by atoms with van der Waals surface area (Å²) < 4.78 is 39.6. The fourth-order valence-corrected chi connectivity index (χ4v) is 2.32. The smallest absolute Gasteiger partial charge is 0.241 e. The fraction of sp³-hybridized carbons (Fsp3) is 0.125. The summed E-state index contributed by atoms with van der Waals surface area (Å²) in [6.07, 6.45) is -0.509. The quantitative estimate of drug-likeness (QED) is 0.758. The van der Waals surface area contributed by atoms with E-state index in [9.17, 15) is 9.59 Å². The first kappa shape index (κ1) is 8.85. The van der Waals surface area contributed by atoms with Crippen LogP contribution >= 0.6 is 11.6 Å². The lowest BCUT2D eigenvalue weighted by Gasteiger charge is -2.24. The Bertz CT molecular complexity index is 937. The Balaban J connectivity index is 2.37. The van der Waals surface area contributed by atoms with Crippen molar-refractivity contribution in [1.82, 2.24) is 0 Å². The van der Waals surface area contributed by atoms with Gasteiger partial charge in [0.15, 0.2) is 0 Å². The highest BCUT2D eigenvalue weighted by Gasteiger charge is 2.30. The maximum Gasteiger partial charge on any atom is 0.241 e. The predicted molar refractivity (Wildman–Crippen MR) is 83.1 cm³/mol. The number of hydrogen-bond donors (Lipinski definition) is 0. The molecule has 106 valence electrons. The Labute approximate surface area is 134 Å². The first-order valence-corrected chi connectivity index (χ1v) is 6.49. The maximum atomic E-state index is 12.7. The molecule has 0 saturated carbocycles. The number of para-hydroxylation sites is 1. The molecule has 0 saturated heterocycles. The highest BCUT2D eigenvalue weighted by Crippen LogP contribution is 2.38. The first-order chi connectivity index (χ1) is 12.1. The molecule has 2 aromatic carbocycles. The van der Waals surface area contributed by atoms with Gasteiger partial charge in [0.1, 0.15) is 6.42 Å². The van der Waals surface area contributed by atoms with Gasteiger partial charge in [-0.2, -0.15) is 0 Å². The van der Waals surface area contributed by atoms with E-state index in [2.05, 4.69) is 0 Å². The van der Waals surface area contributed by atoms with E-state index >= 15 is 0 Å². The Morgan fingerprint density at radius 1 is 1.10 bits per heavy atom. The SMILES string of the molecule is [2H]c1c([2H])c([2H])c(N2C(=O)CC(=O)N(C)c3cc(Cl)ccc32)c([2H])c1[2H]. The lowest BCUT2D eigenvalue weighted by atomic mass is 10.2. The van der Waals surface area contributed by atoms with Crippen LogP contribution in [-0.2, 0) is 9.59 Å². The molecule has 0 bridgehead atoms. The molecule has 1 heterocycles. The van der Waals surface area contributed by atoms with Gasteiger partial charge >= 0.3 is 0 Å². The number of carbonyl (C=O) groups is 2. The van der Waals surface area contributed by atoms with Crippen molar-refractivity contribution in [2.24, 2.45) is 0 Å². The normalized spacial score (nSPS) is 18.3. The topological polar surface area (TPSA) is 40.6 Å². The summed E-state index contributed by atoms with van der Waals surface area (Å²) in [7, 11) is 1.48. The first-order valence-electron chi connectivity index (χ1n) is 8.61. The van der Waals surface area contributed by atoms with Gasteiger partial charge in [-0.3, -0.25) is 14.5 Å². The second-order valence-electron chi connectivity index (χ2n) is 4.47. The second kappa shape index (κ2) is 5.22. The average molecular weight is 306 g/mol. The van der Waals surface area contributed by atoms with Gasteiger partial charge in [0, 0.05) is 17.8 Å². The summed E-state index contributed by atoms with van der Waals surface area (Å²) in [5.74, 6) is -1.19. The number of halogens is 1. The predicted octanol–water partition coefficient (Wildman–Crippen LogP) is 3.37. The Morgan fingerprint density at radius 3 is 2.52 bits per heavy atom. The van der Waals surface area contributed by atoms with Gasteiger partial charge < -0.3 is 4.90 Å². The van der Waals surface area contributed by atoms with Crippen LogP contribution in [0.15, 0.2) is 48.4 Å². The molecule has 5 heteroatoms. The van der Waals surface area contributed by atoms with E-state index in [1.165, 1.54) is 30.1 Å². The van der Waals surface area contributed by atoms with Crippen LogP contribution in [0.5, 0.6) is 0 Å². The van der Waals surface area contributed by atoms with Crippen molar-refractivity contribution >= 4 is 40.5 Å².